The maximum absolute atomic E-state index is 11.0. The smallest absolute Gasteiger partial charge is 0.405 e. The fourth-order valence-corrected chi connectivity index (χ4v) is 2.07. The quantitative estimate of drug-likeness (QED) is 0.751. The third kappa shape index (κ3) is 4.80. The Hall–Kier alpha value is -2.90. The van der Waals surface area contributed by atoms with Crippen molar-refractivity contribution in [2.45, 2.75) is 32.7 Å². The van der Waals surface area contributed by atoms with Crippen LogP contribution in [0.25, 0.3) is 0 Å². The highest BCUT2D eigenvalue weighted by Crippen LogP contribution is 2.19. The van der Waals surface area contributed by atoms with Crippen molar-refractivity contribution in [2.75, 3.05) is 5.32 Å². The summed E-state index contributed by atoms with van der Waals surface area (Å²) in [7, 11) is 0. The number of nitrogens with zero attached hydrogens (tertiary/aromatic N) is 2. The fraction of sp³-hybridized carbons (Fsp3) is 0.333. The van der Waals surface area contributed by atoms with Gasteiger partial charge in [-0.25, -0.2) is 4.79 Å². The van der Waals surface area contributed by atoms with Crippen molar-refractivity contribution in [2.24, 2.45) is 0 Å². The molecule has 0 saturated carbocycles. The van der Waals surface area contributed by atoms with Crippen LogP contribution in [0.3, 0.4) is 0 Å². The molecule has 1 unspecified atom stereocenters. The summed E-state index contributed by atoms with van der Waals surface area (Å²) >= 11 is 0. The summed E-state index contributed by atoms with van der Waals surface area (Å²) in [5.74, 6) is -0.256. The molecule has 8 heteroatoms. The van der Waals surface area contributed by atoms with Gasteiger partial charge in [-0.1, -0.05) is 36.3 Å². The second-order valence-electron chi connectivity index (χ2n) is 5.00. The molecule has 0 fully saturated rings. The Balaban J connectivity index is 2.16. The summed E-state index contributed by atoms with van der Waals surface area (Å²) in [6.07, 6.45) is 0.0955. The molecule has 2 rings (SSSR count). The number of rotatable bonds is 6. The van der Waals surface area contributed by atoms with Gasteiger partial charge in [0.05, 0.1) is 0 Å². The van der Waals surface area contributed by atoms with E-state index in [0.29, 0.717) is 6.42 Å². The molecule has 1 heterocycles. The second-order valence-corrected chi connectivity index (χ2v) is 5.00. The number of aryl methyl sites for hydroxylation is 1. The predicted molar refractivity (Wildman–Crippen MR) is 82.0 cm³/mol. The van der Waals surface area contributed by atoms with Crippen LogP contribution < -0.4 is 10.6 Å². The Morgan fingerprint density at radius 3 is 2.43 bits per heavy atom. The summed E-state index contributed by atoms with van der Waals surface area (Å²) in [6, 6.07) is 7.08. The lowest BCUT2D eigenvalue weighted by atomic mass is 10.0. The minimum absolute atomic E-state index is 0.0639. The van der Waals surface area contributed by atoms with E-state index in [-0.39, 0.29) is 17.8 Å². The lowest BCUT2D eigenvalue weighted by Crippen LogP contribution is -2.28. The average molecular weight is 318 g/mol. The number of hydrogen-bond donors (Lipinski definition) is 3. The predicted octanol–water partition coefficient (Wildman–Crippen LogP) is 2.14. The number of carbonyl (C=O) groups is 2. The minimum Gasteiger partial charge on any atom is -0.465 e. The first-order valence-corrected chi connectivity index (χ1v) is 7.16. The SMILES string of the molecule is CCc1ccc(CC(NC(=O)O)c2nnc(NC(C)=O)o2)cc1. The average Bonchev–Trinajstić information content (AvgIpc) is 2.94. The fourth-order valence-electron chi connectivity index (χ4n) is 2.07. The topological polar surface area (TPSA) is 117 Å². The summed E-state index contributed by atoms with van der Waals surface area (Å²) < 4.78 is 5.29. The zero-order valence-electron chi connectivity index (χ0n) is 12.9. The van der Waals surface area contributed by atoms with E-state index in [0.717, 1.165) is 12.0 Å². The molecule has 0 aliphatic carbocycles. The summed E-state index contributed by atoms with van der Waals surface area (Å²) in [5, 5.41) is 21.2. The highest BCUT2D eigenvalue weighted by atomic mass is 16.4. The number of carboxylic acid groups (broad SMARTS) is 1. The van der Waals surface area contributed by atoms with Gasteiger partial charge in [0.1, 0.15) is 6.04 Å². The third-order valence-corrected chi connectivity index (χ3v) is 3.19. The second kappa shape index (κ2) is 7.39. The van der Waals surface area contributed by atoms with Crippen LogP contribution in [0.2, 0.25) is 0 Å². The van der Waals surface area contributed by atoms with Gasteiger partial charge in [-0.2, -0.15) is 0 Å². The highest BCUT2D eigenvalue weighted by molar-refractivity contribution is 5.86. The Morgan fingerprint density at radius 1 is 1.22 bits per heavy atom. The molecule has 1 aromatic heterocycles. The minimum atomic E-state index is -1.19. The van der Waals surface area contributed by atoms with Crippen LogP contribution in [0.1, 0.15) is 36.9 Å². The van der Waals surface area contributed by atoms with Crippen LogP contribution in [0, 0.1) is 0 Å². The number of amides is 2. The van der Waals surface area contributed by atoms with Gasteiger partial charge in [-0.05, 0) is 17.5 Å². The first-order chi connectivity index (χ1) is 11.0. The van der Waals surface area contributed by atoms with Gasteiger partial charge in [0.25, 0.3) is 0 Å². The Kier molecular flexibility index (Phi) is 5.29. The maximum atomic E-state index is 11.0. The maximum Gasteiger partial charge on any atom is 0.405 e. The Bertz CT molecular complexity index is 681. The molecule has 8 nitrogen and oxygen atoms in total. The zero-order valence-corrected chi connectivity index (χ0v) is 12.9. The van der Waals surface area contributed by atoms with Gasteiger partial charge >= 0.3 is 12.1 Å². The number of benzene rings is 1. The van der Waals surface area contributed by atoms with Gasteiger partial charge in [0, 0.05) is 13.3 Å². The van der Waals surface area contributed by atoms with Crippen molar-refractivity contribution in [3.63, 3.8) is 0 Å². The number of anilines is 1. The normalized spacial score (nSPS) is 11.7. The van der Waals surface area contributed by atoms with Crippen LogP contribution in [-0.4, -0.2) is 27.3 Å². The van der Waals surface area contributed by atoms with E-state index in [9.17, 15) is 9.59 Å². The van der Waals surface area contributed by atoms with Gasteiger partial charge in [-0.15, -0.1) is 5.10 Å². The van der Waals surface area contributed by atoms with Crippen LogP contribution in [-0.2, 0) is 17.6 Å². The van der Waals surface area contributed by atoms with E-state index in [2.05, 4.69) is 27.8 Å². The molecule has 0 aliphatic rings. The van der Waals surface area contributed by atoms with Gasteiger partial charge in [-0.3, -0.25) is 10.1 Å². The van der Waals surface area contributed by atoms with E-state index in [1.165, 1.54) is 12.5 Å². The van der Waals surface area contributed by atoms with Crippen LogP contribution in [0.5, 0.6) is 0 Å². The lowest BCUT2D eigenvalue weighted by molar-refractivity contribution is -0.114. The van der Waals surface area contributed by atoms with Gasteiger partial charge in [0.15, 0.2) is 0 Å². The van der Waals surface area contributed by atoms with Crippen molar-refractivity contribution in [1.82, 2.24) is 15.5 Å². The first-order valence-electron chi connectivity index (χ1n) is 7.16. The molecular weight excluding hydrogens is 300 g/mol. The highest BCUT2D eigenvalue weighted by Gasteiger charge is 2.21. The Labute approximate surface area is 132 Å². The third-order valence-electron chi connectivity index (χ3n) is 3.19. The molecule has 0 bridgehead atoms. The van der Waals surface area contributed by atoms with Crippen molar-refractivity contribution < 1.29 is 19.1 Å². The first kappa shape index (κ1) is 16.5. The molecule has 3 N–H and O–H groups in total. The van der Waals surface area contributed by atoms with E-state index < -0.39 is 12.1 Å². The van der Waals surface area contributed by atoms with E-state index in [1.807, 2.05) is 24.3 Å². The number of aromatic nitrogens is 2. The molecule has 2 aromatic rings. The summed E-state index contributed by atoms with van der Waals surface area (Å²) in [6.45, 7) is 3.37. The monoisotopic (exact) mass is 318 g/mol. The van der Waals surface area contributed by atoms with Crippen molar-refractivity contribution >= 4 is 18.0 Å². The Morgan fingerprint density at radius 2 is 1.87 bits per heavy atom. The van der Waals surface area contributed by atoms with Crippen molar-refractivity contribution in [3.8, 4) is 0 Å². The molecule has 2 amide bonds. The number of nitrogens with one attached hydrogen (secondary N) is 2. The van der Waals surface area contributed by atoms with Crippen LogP contribution >= 0.6 is 0 Å². The molecule has 0 spiro atoms. The largest absolute Gasteiger partial charge is 0.465 e. The number of carbonyl (C=O) groups excluding carboxylic acids is 1. The van der Waals surface area contributed by atoms with E-state index >= 15 is 0 Å². The van der Waals surface area contributed by atoms with E-state index in [4.69, 9.17) is 9.52 Å². The van der Waals surface area contributed by atoms with Crippen molar-refractivity contribution in [1.29, 1.82) is 0 Å². The van der Waals surface area contributed by atoms with E-state index in [1.54, 1.807) is 0 Å². The molecule has 1 aromatic carbocycles. The van der Waals surface area contributed by atoms with Gasteiger partial charge in [0.2, 0.25) is 11.8 Å². The summed E-state index contributed by atoms with van der Waals surface area (Å²) in [4.78, 5) is 22.0. The van der Waals surface area contributed by atoms with Gasteiger partial charge < -0.3 is 14.8 Å². The molecule has 0 saturated heterocycles. The van der Waals surface area contributed by atoms with Crippen LogP contribution in [0.4, 0.5) is 10.8 Å². The zero-order chi connectivity index (χ0) is 16.8. The molecule has 122 valence electrons. The van der Waals surface area contributed by atoms with Crippen molar-refractivity contribution in [3.05, 3.63) is 41.3 Å². The molecule has 0 radical (unpaired) electrons. The number of hydrogen-bond acceptors (Lipinski definition) is 5. The molecular formula is C15H18N4O4. The molecule has 23 heavy (non-hydrogen) atoms. The standard InChI is InChI=1S/C15H18N4O4/c1-3-10-4-6-11(7-5-10)8-12(17-15(21)22)13-18-19-14(23-13)16-9(2)20/h4-7,12,17H,3,8H2,1-2H3,(H,21,22)(H,16,19,20). The lowest BCUT2D eigenvalue weighted by Gasteiger charge is -2.13. The molecule has 1 atom stereocenters. The summed E-state index contributed by atoms with van der Waals surface area (Å²) in [5.41, 5.74) is 2.13. The van der Waals surface area contributed by atoms with Crippen LogP contribution in [0.15, 0.2) is 28.7 Å². The molecule has 0 aliphatic heterocycles.